The summed E-state index contributed by atoms with van der Waals surface area (Å²) < 4.78 is 20.0. The smallest absolute Gasteiger partial charge is 0.304 e. The van der Waals surface area contributed by atoms with Gasteiger partial charge in [0, 0.05) is 43.4 Å². The second kappa shape index (κ2) is 14.6. The standard InChI is InChI=1S/C41H47N5O7Si/c1-7-20-45-35-18-13-29(46-37(49)23-38(46)52-27(3)48)22-33(35)41(40(45)50)26(2)39(54(5,6)31-16-14-30(51-4)15-17-31)36(53-41)19-21-44-24-34(42-43-44)32(25-47)28-11-9-8-10-12-28/h7-18,22,24,26,32,36,38-39,47H,1,19-21,23,25H2,2-6H3/t26-,32?,36+,38?,39-,41+/m0/s1. The van der Waals surface area contributed by atoms with Crippen LogP contribution in [0.4, 0.5) is 11.4 Å². The van der Waals surface area contributed by atoms with Crippen molar-refractivity contribution in [3.63, 3.8) is 0 Å². The van der Waals surface area contributed by atoms with Crippen LogP contribution in [0.5, 0.6) is 5.75 Å². The number of β-lactam (4-membered cyclic amide) rings is 1. The number of aromatic nitrogens is 3. The van der Waals surface area contributed by atoms with Gasteiger partial charge in [0.05, 0.1) is 51.6 Å². The Morgan fingerprint density at radius 3 is 2.52 bits per heavy atom. The summed E-state index contributed by atoms with van der Waals surface area (Å²) in [5.74, 6) is -0.630. The van der Waals surface area contributed by atoms with Crippen molar-refractivity contribution < 1.29 is 33.7 Å². The number of carbonyl (C=O) groups is 3. The summed E-state index contributed by atoms with van der Waals surface area (Å²) in [6.45, 7) is 12.7. The molecule has 1 aromatic heterocycles. The van der Waals surface area contributed by atoms with Gasteiger partial charge in [-0.2, -0.15) is 0 Å². The van der Waals surface area contributed by atoms with E-state index in [0.717, 1.165) is 11.3 Å². The molecule has 4 heterocycles. The van der Waals surface area contributed by atoms with Crippen LogP contribution < -0.4 is 19.7 Å². The topological polar surface area (TPSA) is 136 Å². The highest BCUT2D eigenvalue weighted by Crippen LogP contribution is 2.60. The number of aliphatic hydroxyl groups excluding tert-OH is 1. The van der Waals surface area contributed by atoms with E-state index < -0.39 is 25.9 Å². The molecule has 0 radical (unpaired) electrons. The maximum Gasteiger partial charge on any atom is 0.304 e. The summed E-state index contributed by atoms with van der Waals surface area (Å²) in [5, 5.41) is 20.4. The molecule has 4 aromatic rings. The average molecular weight is 750 g/mol. The molecule has 3 aliphatic rings. The SMILES string of the molecule is C=CCN1C(=O)[C@]2(O[C@H](CCn3cc(C(CO)c4ccccc4)nn3)[C@@H]([Si](C)(C)c3ccc(OC)cc3)[C@@H]2C)c2cc(N3C(=O)CC3OC(C)=O)ccc21. The normalized spacial score (nSPS) is 24.0. The fraction of sp³-hybridized carbons (Fsp3) is 0.390. The van der Waals surface area contributed by atoms with E-state index in [4.69, 9.17) is 14.2 Å². The minimum absolute atomic E-state index is 0.0352. The zero-order valence-electron chi connectivity index (χ0n) is 31.3. The van der Waals surface area contributed by atoms with Crippen LogP contribution in [0.1, 0.15) is 49.4 Å². The van der Waals surface area contributed by atoms with Crippen LogP contribution in [-0.4, -0.2) is 78.6 Å². The molecule has 54 heavy (non-hydrogen) atoms. The Hall–Kier alpha value is -5.11. The maximum atomic E-state index is 14.9. The number of ether oxygens (including phenoxy) is 3. The molecule has 1 spiro atoms. The zero-order valence-corrected chi connectivity index (χ0v) is 32.3. The third-order valence-electron chi connectivity index (χ3n) is 11.6. The Balaban J connectivity index is 1.28. The van der Waals surface area contributed by atoms with Crippen molar-refractivity contribution in [3.05, 3.63) is 108 Å². The van der Waals surface area contributed by atoms with Crippen molar-refractivity contribution in [1.29, 1.82) is 0 Å². The molecule has 282 valence electrons. The second-order valence-corrected chi connectivity index (χ2v) is 19.6. The van der Waals surface area contributed by atoms with Crippen molar-refractivity contribution in [3.8, 4) is 5.75 Å². The predicted octanol–water partition coefficient (Wildman–Crippen LogP) is 4.88. The number of hydrogen-bond donors (Lipinski definition) is 1. The summed E-state index contributed by atoms with van der Waals surface area (Å²) in [7, 11) is -0.787. The van der Waals surface area contributed by atoms with Crippen LogP contribution in [0.3, 0.4) is 0 Å². The Morgan fingerprint density at radius 2 is 1.87 bits per heavy atom. The van der Waals surface area contributed by atoms with E-state index in [2.05, 4.69) is 49.0 Å². The number of nitrogens with zero attached hydrogens (tertiary/aromatic N) is 5. The first kappa shape index (κ1) is 37.2. The molecule has 1 N–H and O–H groups in total. The minimum Gasteiger partial charge on any atom is -0.497 e. The fourth-order valence-corrected chi connectivity index (χ4v) is 13.0. The molecule has 0 bridgehead atoms. The number of carbonyl (C=O) groups excluding carboxylic acids is 3. The number of aliphatic hydroxyl groups is 1. The van der Waals surface area contributed by atoms with E-state index in [0.29, 0.717) is 35.6 Å². The molecule has 2 saturated heterocycles. The number of methoxy groups -OCH3 is 1. The van der Waals surface area contributed by atoms with Crippen molar-refractivity contribution in [2.24, 2.45) is 5.92 Å². The average Bonchev–Trinajstić information content (AvgIpc) is 3.81. The highest BCUT2D eigenvalue weighted by Gasteiger charge is 2.66. The van der Waals surface area contributed by atoms with Crippen LogP contribution in [-0.2, 0) is 36.0 Å². The van der Waals surface area contributed by atoms with Gasteiger partial charge in [0.25, 0.3) is 5.91 Å². The van der Waals surface area contributed by atoms with Gasteiger partial charge < -0.3 is 24.2 Å². The van der Waals surface area contributed by atoms with Crippen LogP contribution in [0.15, 0.2) is 91.6 Å². The van der Waals surface area contributed by atoms with Gasteiger partial charge in [0.1, 0.15) is 5.75 Å². The Morgan fingerprint density at radius 1 is 1.13 bits per heavy atom. The monoisotopic (exact) mass is 749 g/mol. The molecule has 3 aromatic carbocycles. The van der Waals surface area contributed by atoms with Crippen LogP contribution in [0.2, 0.25) is 18.6 Å². The Labute approximate surface area is 316 Å². The first-order valence-electron chi connectivity index (χ1n) is 18.4. The summed E-state index contributed by atoms with van der Waals surface area (Å²) in [6.07, 6.45) is 3.14. The van der Waals surface area contributed by atoms with Crippen LogP contribution >= 0.6 is 0 Å². The van der Waals surface area contributed by atoms with Gasteiger partial charge in [-0.1, -0.05) is 79.0 Å². The third-order valence-corrected chi connectivity index (χ3v) is 15.9. The molecule has 7 rings (SSSR count). The van der Waals surface area contributed by atoms with Gasteiger partial charge in [-0.15, -0.1) is 11.7 Å². The van der Waals surface area contributed by atoms with Crippen molar-refractivity contribution in [1.82, 2.24) is 15.0 Å². The molecular weight excluding hydrogens is 703 g/mol. The third kappa shape index (κ3) is 6.23. The molecule has 2 unspecified atom stereocenters. The van der Waals surface area contributed by atoms with Gasteiger partial charge in [0.2, 0.25) is 5.91 Å². The second-order valence-electron chi connectivity index (χ2n) is 14.9. The lowest BCUT2D eigenvalue weighted by atomic mass is 9.82. The largest absolute Gasteiger partial charge is 0.497 e. The number of amides is 2. The van der Waals surface area contributed by atoms with E-state index >= 15 is 0 Å². The molecule has 2 fully saturated rings. The maximum absolute atomic E-state index is 14.9. The van der Waals surface area contributed by atoms with Gasteiger partial charge in [-0.05, 0) is 47.9 Å². The fourth-order valence-electron chi connectivity index (χ4n) is 8.91. The first-order valence-corrected chi connectivity index (χ1v) is 21.5. The van der Waals surface area contributed by atoms with Gasteiger partial charge in [0.15, 0.2) is 11.8 Å². The number of benzene rings is 3. The molecule has 2 amide bonds. The van der Waals surface area contributed by atoms with E-state index in [1.54, 1.807) is 28.8 Å². The summed E-state index contributed by atoms with van der Waals surface area (Å²) in [6, 6.07) is 23.5. The van der Waals surface area contributed by atoms with E-state index in [1.165, 1.54) is 17.0 Å². The lowest BCUT2D eigenvalue weighted by molar-refractivity contribution is -0.153. The van der Waals surface area contributed by atoms with E-state index in [-0.39, 0.29) is 54.9 Å². The molecule has 12 nitrogen and oxygen atoms in total. The highest BCUT2D eigenvalue weighted by molar-refractivity contribution is 6.91. The zero-order chi connectivity index (χ0) is 38.4. The lowest BCUT2D eigenvalue weighted by Gasteiger charge is -2.39. The number of aryl methyl sites for hydroxylation is 1. The molecule has 13 heteroatoms. The van der Waals surface area contributed by atoms with Crippen molar-refractivity contribution >= 4 is 42.4 Å². The van der Waals surface area contributed by atoms with E-state index in [9.17, 15) is 19.5 Å². The van der Waals surface area contributed by atoms with Crippen molar-refractivity contribution in [2.75, 3.05) is 30.1 Å². The summed E-state index contributed by atoms with van der Waals surface area (Å²) in [4.78, 5) is 42.9. The predicted molar refractivity (Wildman–Crippen MR) is 206 cm³/mol. The Kier molecular flexibility index (Phi) is 10.1. The van der Waals surface area contributed by atoms with Gasteiger partial charge in [-0.3, -0.25) is 24.0 Å². The molecule has 6 atom stereocenters. The number of hydrogen-bond acceptors (Lipinski definition) is 9. The number of rotatable bonds is 13. The minimum atomic E-state index is -2.44. The van der Waals surface area contributed by atoms with Gasteiger partial charge >= 0.3 is 5.97 Å². The highest BCUT2D eigenvalue weighted by atomic mass is 28.3. The molecular formula is C41H47N5O7Si. The molecule has 0 aliphatic carbocycles. The van der Waals surface area contributed by atoms with E-state index in [1.807, 2.05) is 60.8 Å². The lowest BCUT2D eigenvalue weighted by Crippen LogP contribution is -2.55. The van der Waals surface area contributed by atoms with Crippen LogP contribution in [0, 0.1) is 5.92 Å². The summed E-state index contributed by atoms with van der Waals surface area (Å²) in [5.41, 5.74) is 2.16. The molecule has 0 saturated carbocycles. The number of anilines is 2. The van der Waals surface area contributed by atoms with Crippen molar-refractivity contribution in [2.45, 2.75) is 75.7 Å². The molecule has 3 aliphatic heterocycles. The van der Waals surface area contributed by atoms with Crippen LogP contribution in [0.25, 0.3) is 0 Å². The van der Waals surface area contributed by atoms with Gasteiger partial charge in [-0.25, -0.2) is 0 Å². The Bertz CT molecular complexity index is 2050. The first-order chi connectivity index (χ1) is 25.9. The summed E-state index contributed by atoms with van der Waals surface area (Å²) >= 11 is 0. The number of fused-ring (bicyclic) bond motifs is 2. The number of esters is 1. The quantitative estimate of drug-likeness (QED) is 0.0879.